The highest BCUT2D eigenvalue weighted by molar-refractivity contribution is 5.73. The van der Waals surface area contributed by atoms with Crippen molar-refractivity contribution in [2.45, 2.75) is 31.1 Å². The van der Waals surface area contributed by atoms with Crippen molar-refractivity contribution in [3.05, 3.63) is 29.8 Å². The smallest absolute Gasteiger partial charge is 0.320 e. The minimum Gasteiger partial charge on any atom is -0.480 e. The van der Waals surface area contributed by atoms with E-state index in [2.05, 4.69) is 4.90 Å². The molecule has 120 valence electrons. The lowest BCUT2D eigenvalue weighted by atomic mass is 10.0. The van der Waals surface area contributed by atoms with Gasteiger partial charge in [0.1, 0.15) is 6.04 Å². The predicted molar refractivity (Wildman–Crippen MR) is 81.8 cm³/mol. The van der Waals surface area contributed by atoms with Gasteiger partial charge in [0, 0.05) is 31.6 Å². The van der Waals surface area contributed by atoms with E-state index < -0.39 is 12.0 Å². The molecular weight excluding hydrogens is 284 g/mol. The fraction of sp³-hybridized carbons (Fsp3) is 0.562. The first kappa shape index (κ1) is 15.3. The first-order valence-corrected chi connectivity index (χ1v) is 7.68. The maximum Gasteiger partial charge on any atom is 0.320 e. The van der Waals surface area contributed by atoms with E-state index in [1.54, 1.807) is 0 Å². The summed E-state index contributed by atoms with van der Waals surface area (Å²) in [5.41, 5.74) is 7.64. The number of nitrogens with zero attached hydrogens (tertiary/aromatic N) is 1. The van der Waals surface area contributed by atoms with Crippen LogP contribution in [0.15, 0.2) is 24.3 Å². The highest BCUT2D eigenvalue weighted by Gasteiger charge is 2.39. The Morgan fingerprint density at radius 2 is 1.82 bits per heavy atom. The Balaban J connectivity index is 1.58. The van der Waals surface area contributed by atoms with Crippen LogP contribution in [0.1, 0.15) is 18.4 Å². The number of benzene rings is 1. The van der Waals surface area contributed by atoms with E-state index in [1.165, 1.54) is 0 Å². The Labute approximate surface area is 129 Å². The van der Waals surface area contributed by atoms with Crippen molar-refractivity contribution in [1.82, 2.24) is 0 Å². The van der Waals surface area contributed by atoms with Crippen molar-refractivity contribution in [3.8, 4) is 0 Å². The molecule has 2 saturated heterocycles. The molecule has 2 heterocycles. The molecule has 3 N–H and O–H groups in total. The van der Waals surface area contributed by atoms with Crippen molar-refractivity contribution in [3.63, 3.8) is 0 Å². The Morgan fingerprint density at radius 1 is 1.23 bits per heavy atom. The van der Waals surface area contributed by atoms with Gasteiger partial charge in [0.25, 0.3) is 0 Å². The summed E-state index contributed by atoms with van der Waals surface area (Å²) in [7, 11) is 0. The fourth-order valence-electron chi connectivity index (χ4n) is 3.08. The number of piperidine rings is 1. The molecule has 3 rings (SSSR count). The van der Waals surface area contributed by atoms with Crippen LogP contribution in [0.5, 0.6) is 0 Å². The van der Waals surface area contributed by atoms with Crippen LogP contribution >= 0.6 is 0 Å². The molecule has 6 nitrogen and oxygen atoms in total. The quantitative estimate of drug-likeness (QED) is 0.863. The summed E-state index contributed by atoms with van der Waals surface area (Å²) >= 11 is 0. The zero-order chi connectivity index (χ0) is 15.6. The lowest BCUT2D eigenvalue weighted by Crippen LogP contribution is -2.45. The first-order valence-electron chi connectivity index (χ1n) is 7.68. The average molecular weight is 306 g/mol. The van der Waals surface area contributed by atoms with Crippen LogP contribution in [0.3, 0.4) is 0 Å². The van der Waals surface area contributed by atoms with Crippen molar-refractivity contribution >= 4 is 11.7 Å². The summed E-state index contributed by atoms with van der Waals surface area (Å²) < 4.78 is 11.5. The van der Waals surface area contributed by atoms with Gasteiger partial charge in [-0.3, -0.25) is 4.79 Å². The number of carboxylic acid groups (broad SMARTS) is 1. The number of aliphatic carboxylic acids is 1. The van der Waals surface area contributed by atoms with Crippen LogP contribution in [0, 0.1) is 0 Å². The van der Waals surface area contributed by atoms with Gasteiger partial charge < -0.3 is 25.2 Å². The molecule has 2 aliphatic heterocycles. The monoisotopic (exact) mass is 306 g/mol. The van der Waals surface area contributed by atoms with Gasteiger partial charge >= 0.3 is 5.97 Å². The topological polar surface area (TPSA) is 85.0 Å². The number of hydrogen-bond acceptors (Lipinski definition) is 5. The van der Waals surface area contributed by atoms with Gasteiger partial charge in [0.05, 0.1) is 13.2 Å². The van der Waals surface area contributed by atoms with Crippen LogP contribution in [-0.2, 0) is 20.7 Å². The molecule has 2 fully saturated rings. The van der Waals surface area contributed by atoms with E-state index in [9.17, 15) is 4.79 Å². The molecule has 0 bridgehead atoms. The molecule has 1 spiro atoms. The van der Waals surface area contributed by atoms with Gasteiger partial charge in [-0.05, 0) is 24.1 Å². The molecule has 1 atom stereocenters. The maximum absolute atomic E-state index is 10.8. The van der Waals surface area contributed by atoms with Crippen LogP contribution in [0.2, 0.25) is 0 Å². The predicted octanol–water partition coefficient (Wildman–Crippen LogP) is 0.984. The third-order valence-electron chi connectivity index (χ3n) is 4.41. The zero-order valence-electron chi connectivity index (χ0n) is 12.5. The summed E-state index contributed by atoms with van der Waals surface area (Å²) in [6.45, 7) is 3.18. The average Bonchev–Trinajstić information content (AvgIpc) is 2.97. The molecule has 0 radical (unpaired) electrons. The lowest BCUT2D eigenvalue weighted by Gasteiger charge is -2.38. The van der Waals surface area contributed by atoms with E-state index >= 15 is 0 Å². The van der Waals surface area contributed by atoms with E-state index in [-0.39, 0.29) is 5.79 Å². The zero-order valence-corrected chi connectivity index (χ0v) is 12.5. The highest BCUT2D eigenvalue weighted by Crippen LogP contribution is 2.33. The fourth-order valence-corrected chi connectivity index (χ4v) is 3.08. The molecular formula is C16H22N2O4. The Bertz CT molecular complexity index is 515. The minimum atomic E-state index is -0.970. The largest absolute Gasteiger partial charge is 0.480 e. The molecule has 0 unspecified atom stereocenters. The summed E-state index contributed by atoms with van der Waals surface area (Å²) in [6.07, 6.45) is 2.09. The number of carboxylic acids is 1. The third kappa shape index (κ3) is 3.24. The number of hydrogen-bond donors (Lipinski definition) is 2. The first-order chi connectivity index (χ1) is 10.6. The Kier molecular flexibility index (Phi) is 4.33. The molecule has 1 aromatic carbocycles. The van der Waals surface area contributed by atoms with Crippen molar-refractivity contribution < 1.29 is 19.4 Å². The molecule has 6 heteroatoms. The van der Waals surface area contributed by atoms with Gasteiger partial charge in [0.15, 0.2) is 5.79 Å². The van der Waals surface area contributed by atoms with Gasteiger partial charge in [-0.25, -0.2) is 0 Å². The molecule has 0 aliphatic carbocycles. The van der Waals surface area contributed by atoms with Crippen LogP contribution in [0.25, 0.3) is 0 Å². The van der Waals surface area contributed by atoms with E-state index in [0.29, 0.717) is 19.6 Å². The summed E-state index contributed by atoms with van der Waals surface area (Å²) in [6, 6.07) is 7.10. The lowest BCUT2D eigenvalue weighted by molar-refractivity contribution is -0.169. The number of nitrogens with two attached hydrogens (primary N) is 1. The van der Waals surface area contributed by atoms with Crippen molar-refractivity contribution in [2.24, 2.45) is 5.73 Å². The number of carbonyl (C=O) groups is 1. The minimum absolute atomic E-state index is 0.348. The van der Waals surface area contributed by atoms with E-state index in [1.807, 2.05) is 24.3 Å². The van der Waals surface area contributed by atoms with Gasteiger partial charge in [-0.1, -0.05) is 12.1 Å². The number of anilines is 1. The summed E-state index contributed by atoms with van der Waals surface area (Å²) in [4.78, 5) is 13.1. The normalized spacial score (nSPS) is 22.0. The summed E-state index contributed by atoms with van der Waals surface area (Å²) in [5.74, 6) is -1.33. The summed E-state index contributed by atoms with van der Waals surface area (Å²) in [5, 5.41) is 8.85. The number of ether oxygens (including phenoxy) is 2. The molecule has 1 aromatic rings. The van der Waals surface area contributed by atoms with Gasteiger partial charge in [0.2, 0.25) is 0 Å². The Morgan fingerprint density at radius 3 is 2.36 bits per heavy atom. The molecule has 22 heavy (non-hydrogen) atoms. The molecule has 0 amide bonds. The van der Waals surface area contributed by atoms with Gasteiger partial charge in [-0.15, -0.1) is 0 Å². The SMILES string of the molecule is N[C@@H](Cc1ccc(N2CCC3(CC2)OCCO3)cc1)C(=O)O. The van der Waals surface area contributed by atoms with Crippen LogP contribution < -0.4 is 10.6 Å². The second kappa shape index (κ2) is 6.24. The molecule has 0 aromatic heterocycles. The van der Waals surface area contributed by atoms with Gasteiger partial charge in [-0.2, -0.15) is 0 Å². The number of rotatable bonds is 4. The van der Waals surface area contributed by atoms with E-state index in [4.69, 9.17) is 20.3 Å². The second-order valence-electron chi connectivity index (χ2n) is 5.91. The molecule has 2 aliphatic rings. The van der Waals surface area contributed by atoms with Crippen LogP contribution in [-0.4, -0.2) is 49.2 Å². The highest BCUT2D eigenvalue weighted by atomic mass is 16.7. The second-order valence-corrected chi connectivity index (χ2v) is 5.91. The maximum atomic E-state index is 10.8. The Hall–Kier alpha value is -1.63. The third-order valence-corrected chi connectivity index (χ3v) is 4.41. The van der Waals surface area contributed by atoms with Crippen LogP contribution in [0.4, 0.5) is 5.69 Å². The van der Waals surface area contributed by atoms with Crippen molar-refractivity contribution in [2.75, 3.05) is 31.2 Å². The van der Waals surface area contributed by atoms with Crippen molar-refractivity contribution in [1.29, 1.82) is 0 Å². The van der Waals surface area contributed by atoms with E-state index in [0.717, 1.165) is 37.2 Å². The standard InChI is InChI=1S/C16H22N2O4/c17-14(15(19)20)11-12-1-3-13(4-2-12)18-7-5-16(6-8-18)21-9-10-22-16/h1-4,14H,5-11,17H2,(H,19,20)/t14-/m0/s1. The molecule has 0 saturated carbocycles.